The summed E-state index contributed by atoms with van der Waals surface area (Å²) in [5, 5.41) is 12.2. The van der Waals surface area contributed by atoms with Crippen LogP contribution in [0, 0.1) is 5.82 Å². The third-order valence-electron chi connectivity index (χ3n) is 4.14. The fourth-order valence-corrected chi connectivity index (χ4v) is 2.72. The van der Waals surface area contributed by atoms with Crippen LogP contribution >= 0.6 is 0 Å². The smallest absolute Gasteiger partial charge is 0.412 e. The van der Waals surface area contributed by atoms with E-state index in [2.05, 4.69) is 10.3 Å². The average molecular weight is 401 g/mol. The van der Waals surface area contributed by atoms with Crippen LogP contribution < -0.4 is 11.0 Å². The number of aliphatic hydroxyl groups excluding tert-OH is 1. The van der Waals surface area contributed by atoms with Crippen molar-refractivity contribution >= 4 is 17.9 Å². The van der Waals surface area contributed by atoms with Crippen LogP contribution in [-0.4, -0.2) is 51.6 Å². The highest BCUT2D eigenvalue weighted by atomic mass is 19.1. The highest BCUT2D eigenvalue weighted by Crippen LogP contribution is 2.31. The highest BCUT2D eigenvalue weighted by Gasteiger charge is 2.45. The topological polar surface area (TPSA) is 129 Å². The van der Waals surface area contributed by atoms with Crippen LogP contribution in [0.2, 0.25) is 0 Å². The molecule has 0 aromatic carbocycles. The number of aliphatic hydroxyl groups is 1. The number of anilines is 1. The van der Waals surface area contributed by atoms with Crippen LogP contribution in [0.25, 0.3) is 0 Å². The quantitative estimate of drug-likeness (QED) is 0.517. The van der Waals surface area contributed by atoms with Crippen LogP contribution in [0.4, 0.5) is 15.0 Å². The predicted molar refractivity (Wildman–Crippen MR) is 94.1 cm³/mol. The lowest BCUT2D eigenvalue weighted by Gasteiger charge is -2.21. The molecule has 1 aromatic rings. The van der Waals surface area contributed by atoms with Gasteiger partial charge in [-0.3, -0.25) is 14.7 Å². The maximum absolute atomic E-state index is 14.4. The summed E-state index contributed by atoms with van der Waals surface area (Å²) in [6.45, 7) is 4.80. The predicted octanol–water partition coefficient (Wildman–Crippen LogP) is 1.33. The third-order valence-corrected chi connectivity index (χ3v) is 4.14. The maximum atomic E-state index is 14.4. The number of ether oxygens (including phenoxy) is 3. The van der Waals surface area contributed by atoms with Gasteiger partial charge in [-0.15, -0.1) is 0 Å². The first-order valence-electron chi connectivity index (χ1n) is 8.97. The summed E-state index contributed by atoms with van der Waals surface area (Å²) in [7, 11) is 0. The largest absolute Gasteiger partial charge is 0.455 e. The standard InChI is InChI=1S/C17H24FN3O7/c1-4-5-6-7-26-17(25)20-14-11(18)8-21(16(24)19-14)15-13(28-10(3)22)12(23)9(2)27-15/h8-9,12-13,15,23H,4-7H2,1-3H3,(H,19,20,24,25)/t9?,12?,13-,15?/m1/s1. The van der Waals surface area contributed by atoms with E-state index in [0.29, 0.717) is 6.42 Å². The molecule has 1 aliphatic rings. The number of aromatic nitrogens is 2. The highest BCUT2D eigenvalue weighted by molar-refractivity contribution is 5.83. The number of carbonyl (C=O) groups excluding carboxylic acids is 2. The van der Waals surface area contributed by atoms with Gasteiger partial charge < -0.3 is 19.3 Å². The molecule has 1 fully saturated rings. The Morgan fingerprint density at radius 2 is 2.14 bits per heavy atom. The maximum Gasteiger partial charge on any atom is 0.412 e. The summed E-state index contributed by atoms with van der Waals surface area (Å²) in [6.07, 6.45) is -2.13. The molecule has 11 heteroatoms. The fraction of sp³-hybridized carbons (Fsp3) is 0.647. The molecule has 156 valence electrons. The minimum Gasteiger partial charge on any atom is -0.455 e. The van der Waals surface area contributed by atoms with Gasteiger partial charge in [-0.1, -0.05) is 19.8 Å². The van der Waals surface area contributed by atoms with E-state index < -0.39 is 53.9 Å². The lowest BCUT2D eigenvalue weighted by atomic mass is 10.1. The molecule has 1 aromatic heterocycles. The van der Waals surface area contributed by atoms with Gasteiger partial charge in [0, 0.05) is 6.92 Å². The summed E-state index contributed by atoms with van der Waals surface area (Å²) in [6, 6.07) is 0. The molecular weight excluding hydrogens is 377 g/mol. The zero-order valence-corrected chi connectivity index (χ0v) is 15.9. The SMILES string of the molecule is CCCCCOC(=O)Nc1nc(=O)n(C2OC(C)C(O)[C@H]2OC(C)=O)cc1F. The summed E-state index contributed by atoms with van der Waals surface area (Å²) < 4.78 is 30.4. The molecule has 2 rings (SSSR count). The number of amides is 1. The first kappa shape index (κ1) is 21.8. The van der Waals surface area contributed by atoms with E-state index in [1.807, 2.05) is 6.92 Å². The second-order valence-electron chi connectivity index (χ2n) is 6.39. The number of nitrogens with one attached hydrogen (secondary N) is 1. The molecule has 10 nitrogen and oxygen atoms in total. The van der Waals surface area contributed by atoms with Crippen molar-refractivity contribution in [2.45, 2.75) is 64.6 Å². The van der Waals surface area contributed by atoms with E-state index in [0.717, 1.165) is 30.5 Å². The Labute approximate surface area is 160 Å². The van der Waals surface area contributed by atoms with Gasteiger partial charge in [-0.2, -0.15) is 4.98 Å². The van der Waals surface area contributed by atoms with Crippen LogP contribution in [0.3, 0.4) is 0 Å². The zero-order valence-electron chi connectivity index (χ0n) is 15.9. The van der Waals surface area contributed by atoms with Crippen molar-refractivity contribution in [2.75, 3.05) is 11.9 Å². The Bertz CT molecular complexity index is 770. The van der Waals surface area contributed by atoms with E-state index in [1.165, 1.54) is 6.92 Å². The number of rotatable bonds is 7. The van der Waals surface area contributed by atoms with E-state index in [9.17, 15) is 23.9 Å². The molecular formula is C17H24FN3O7. The monoisotopic (exact) mass is 401 g/mol. The minimum absolute atomic E-state index is 0.161. The van der Waals surface area contributed by atoms with Gasteiger partial charge in [-0.05, 0) is 13.3 Å². The molecule has 28 heavy (non-hydrogen) atoms. The lowest BCUT2D eigenvalue weighted by Crippen LogP contribution is -2.38. The van der Waals surface area contributed by atoms with Crippen LogP contribution in [-0.2, 0) is 19.0 Å². The molecule has 0 saturated carbocycles. The van der Waals surface area contributed by atoms with Crippen molar-refractivity contribution < 1.29 is 33.3 Å². The molecule has 1 aliphatic heterocycles. The van der Waals surface area contributed by atoms with Crippen LogP contribution in [0.1, 0.15) is 46.3 Å². The second-order valence-corrected chi connectivity index (χ2v) is 6.39. The Morgan fingerprint density at radius 1 is 1.43 bits per heavy atom. The molecule has 1 amide bonds. The number of hydrogen-bond acceptors (Lipinski definition) is 8. The van der Waals surface area contributed by atoms with E-state index in [-0.39, 0.29) is 6.61 Å². The molecule has 0 spiro atoms. The van der Waals surface area contributed by atoms with Crippen molar-refractivity contribution in [1.29, 1.82) is 0 Å². The van der Waals surface area contributed by atoms with Crippen LogP contribution in [0.5, 0.6) is 0 Å². The second kappa shape index (κ2) is 9.60. The van der Waals surface area contributed by atoms with Gasteiger partial charge in [0.15, 0.2) is 24.0 Å². The molecule has 0 radical (unpaired) electrons. The number of halogens is 1. The molecule has 3 unspecified atom stereocenters. The van der Waals surface area contributed by atoms with Gasteiger partial charge in [0.05, 0.1) is 18.9 Å². The third kappa shape index (κ3) is 5.26. The molecule has 2 heterocycles. The molecule has 4 atom stereocenters. The number of esters is 1. The first-order chi connectivity index (χ1) is 13.2. The molecule has 0 bridgehead atoms. The van der Waals surface area contributed by atoms with Gasteiger partial charge >= 0.3 is 17.8 Å². The van der Waals surface area contributed by atoms with Crippen molar-refractivity contribution in [3.63, 3.8) is 0 Å². The summed E-state index contributed by atoms with van der Waals surface area (Å²) >= 11 is 0. The minimum atomic E-state index is -1.27. The van der Waals surface area contributed by atoms with E-state index >= 15 is 0 Å². The Morgan fingerprint density at radius 3 is 2.79 bits per heavy atom. The number of unbranched alkanes of at least 4 members (excludes halogenated alkanes) is 2. The van der Waals surface area contributed by atoms with Crippen LogP contribution in [0.15, 0.2) is 11.0 Å². The fourth-order valence-electron chi connectivity index (χ4n) is 2.72. The van der Waals surface area contributed by atoms with Gasteiger partial charge in [0.2, 0.25) is 0 Å². The number of hydrogen-bond donors (Lipinski definition) is 2. The Balaban J connectivity index is 2.15. The van der Waals surface area contributed by atoms with Crippen molar-refractivity contribution in [2.24, 2.45) is 0 Å². The summed E-state index contributed by atoms with van der Waals surface area (Å²) in [4.78, 5) is 38.7. The number of nitrogens with zero attached hydrogens (tertiary/aromatic N) is 2. The molecule has 1 saturated heterocycles. The Hall–Kier alpha value is -2.53. The molecule has 2 N–H and O–H groups in total. The summed E-state index contributed by atoms with van der Waals surface area (Å²) in [5.41, 5.74) is -0.967. The van der Waals surface area contributed by atoms with E-state index in [4.69, 9.17) is 14.2 Å². The van der Waals surface area contributed by atoms with Gasteiger partial charge in [-0.25, -0.2) is 14.0 Å². The average Bonchev–Trinajstić information content (AvgIpc) is 2.89. The van der Waals surface area contributed by atoms with Crippen molar-refractivity contribution in [3.05, 3.63) is 22.5 Å². The Kier molecular flexibility index (Phi) is 7.46. The normalized spacial score (nSPS) is 24.0. The summed E-state index contributed by atoms with van der Waals surface area (Å²) in [5.74, 6) is -2.32. The van der Waals surface area contributed by atoms with Gasteiger partial charge in [0.25, 0.3) is 0 Å². The first-order valence-corrected chi connectivity index (χ1v) is 8.97. The van der Waals surface area contributed by atoms with E-state index in [1.54, 1.807) is 0 Å². The number of carbonyl (C=O) groups is 2. The lowest BCUT2D eigenvalue weighted by molar-refractivity contribution is -0.156. The zero-order chi connectivity index (χ0) is 20.8. The van der Waals surface area contributed by atoms with Gasteiger partial charge in [0.1, 0.15) is 6.10 Å². The van der Waals surface area contributed by atoms with Crippen molar-refractivity contribution in [3.8, 4) is 0 Å². The van der Waals surface area contributed by atoms with Crippen molar-refractivity contribution in [1.82, 2.24) is 9.55 Å². The molecule has 0 aliphatic carbocycles.